The maximum absolute atomic E-state index is 13.7. The summed E-state index contributed by atoms with van der Waals surface area (Å²) in [5, 5.41) is 28.2. The first-order valence-corrected chi connectivity index (χ1v) is 9.58. The van der Waals surface area contributed by atoms with Crippen LogP contribution in [0, 0.1) is 11.3 Å². The van der Waals surface area contributed by atoms with Gasteiger partial charge in [0.1, 0.15) is 11.8 Å². The molecule has 1 saturated heterocycles. The van der Waals surface area contributed by atoms with Crippen LogP contribution in [0.1, 0.15) is 49.3 Å². The Morgan fingerprint density at radius 3 is 2.59 bits per heavy atom. The van der Waals surface area contributed by atoms with Crippen molar-refractivity contribution in [2.45, 2.75) is 55.8 Å². The molecule has 8 nitrogen and oxygen atoms in total. The van der Waals surface area contributed by atoms with Gasteiger partial charge in [0.15, 0.2) is 11.4 Å². The zero-order valence-electron chi connectivity index (χ0n) is 15.6. The van der Waals surface area contributed by atoms with Crippen LogP contribution in [0.5, 0.6) is 0 Å². The molecule has 3 aliphatic heterocycles. The predicted octanol–water partition coefficient (Wildman–Crippen LogP) is 1.81. The second-order valence-electron chi connectivity index (χ2n) is 7.85. The van der Waals surface area contributed by atoms with Crippen molar-refractivity contribution in [3.8, 4) is 6.07 Å². The highest BCUT2D eigenvalue weighted by Crippen LogP contribution is 2.49. The van der Waals surface area contributed by atoms with Crippen LogP contribution in [0.2, 0.25) is 0 Å². The number of carbonyl (C=O) groups is 1. The normalized spacial score (nSPS) is 29.0. The number of nitriles is 1. The number of carbonyl (C=O) groups excluding carboxylic acids is 1. The van der Waals surface area contributed by atoms with E-state index < -0.39 is 24.1 Å². The summed E-state index contributed by atoms with van der Waals surface area (Å²) >= 11 is 0. The predicted molar refractivity (Wildman–Crippen MR) is 96.3 cm³/mol. The number of piperidine rings is 1. The Morgan fingerprint density at radius 1 is 1.28 bits per heavy atom. The number of nitrogens with one attached hydrogen (secondary N) is 2. The third kappa shape index (κ3) is 3.40. The van der Waals surface area contributed by atoms with Gasteiger partial charge >= 0.3 is 6.18 Å². The van der Waals surface area contributed by atoms with E-state index in [0.29, 0.717) is 44.6 Å². The fraction of sp³-hybridized carbons (Fsp3) is 0.667. The minimum Gasteiger partial charge on any atom is -0.376 e. The van der Waals surface area contributed by atoms with Gasteiger partial charge in [-0.2, -0.15) is 23.5 Å². The number of H-pyrrole nitrogens is 1. The molecule has 3 aliphatic rings. The monoisotopic (exact) mass is 410 g/mol. The molecule has 0 saturated carbocycles. The van der Waals surface area contributed by atoms with Crippen molar-refractivity contribution in [3.63, 3.8) is 0 Å². The second kappa shape index (κ2) is 7.11. The molecular weight excluding hydrogens is 389 g/mol. The Labute approximate surface area is 164 Å². The third-order valence-corrected chi connectivity index (χ3v) is 6.14. The van der Waals surface area contributed by atoms with Gasteiger partial charge in [-0.15, -0.1) is 0 Å². The first kappa shape index (κ1) is 19.8. The molecule has 1 fully saturated rings. The summed E-state index contributed by atoms with van der Waals surface area (Å²) < 4.78 is 41.0. The van der Waals surface area contributed by atoms with E-state index in [1.54, 1.807) is 0 Å². The van der Waals surface area contributed by atoms with Crippen molar-refractivity contribution >= 4 is 17.4 Å². The molecule has 0 radical (unpaired) electrons. The minimum absolute atomic E-state index is 0.229. The van der Waals surface area contributed by atoms with Crippen molar-refractivity contribution in [2.75, 3.05) is 25.0 Å². The highest BCUT2D eigenvalue weighted by molar-refractivity contribution is 5.98. The summed E-state index contributed by atoms with van der Waals surface area (Å²) in [6.45, 7) is 1.92. The molecule has 1 amide bonds. The van der Waals surface area contributed by atoms with Crippen LogP contribution in [0.15, 0.2) is 4.99 Å². The lowest BCUT2D eigenvalue weighted by Crippen LogP contribution is -2.49. The Kier molecular flexibility index (Phi) is 4.86. The number of aromatic nitrogens is 2. The van der Waals surface area contributed by atoms with Gasteiger partial charge in [-0.3, -0.25) is 19.8 Å². The smallest absolute Gasteiger partial charge is 0.376 e. The van der Waals surface area contributed by atoms with Gasteiger partial charge in [0, 0.05) is 24.1 Å². The molecule has 156 valence electrons. The molecule has 1 unspecified atom stereocenters. The lowest BCUT2D eigenvalue weighted by molar-refractivity contribution is -0.267. The summed E-state index contributed by atoms with van der Waals surface area (Å²) in [5.74, 6) is -1.39. The van der Waals surface area contributed by atoms with E-state index in [1.807, 2.05) is 0 Å². The van der Waals surface area contributed by atoms with Crippen LogP contribution in [-0.4, -0.2) is 63.7 Å². The number of amides is 1. The summed E-state index contributed by atoms with van der Waals surface area (Å²) in [4.78, 5) is 18.2. The summed E-state index contributed by atoms with van der Waals surface area (Å²) in [5.41, 5.74) is -2.79. The average Bonchev–Trinajstić information content (AvgIpc) is 3.12. The average molecular weight is 410 g/mol. The molecule has 11 heteroatoms. The first-order chi connectivity index (χ1) is 13.7. The largest absolute Gasteiger partial charge is 0.422 e. The minimum atomic E-state index is -4.99. The van der Waals surface area contributed by atoms with Crippen LogP contribution in [0.3, 0.4) is 0 Å². The number of halogens is 3. The van der Waals surface area contributed by atoms with Gasteiger partial charge < -0.3 is 10.4 Å². The fourth-order valence-electron chi connectivity index (χ4n) is 4.53. The molecule has 0 aromatic carbocycles. The van der Waals surface area contributed by atoms with E-state index in [4.69, 9.17) is 5.26 Å². The Balaban J connectivity index is 1.52. The fourth-order valence-corrected chi connectivity index (χ4v) is 4.53. The zero-order chi connectivity index (χ0) is 20.8. The molecule has 4 rings (SSSR count). The summed E-state index contributed by atoms with van der Waals surface area (Å²) in [6, 6.07) is 2.31. The first-order valence-electron chi connectivity index (χ1n) is 9.58. The lowest BCUT2D eigenvalue weighted by Gasteiger charge is -2.39. The molecule has 29 heavy (non-hydrogen) atoms. The van der Waals surface area contributed by atoms with Gasteiger partial charge in [0.2, 0.25) is 5.91 Å². The van der Waals surface area contributed by atoms with Crippen molar-refractivity contribution in [1.82, 2.24) is 15.1 Å². The standard InChI is InChI=1S/C18H21F3N6O2/c19-18(20,21)17(29)7-13(28)24-16-14(17)15(25-26-16)10-3-5-27(6-4-10)12-2-1-11(8-22)23-9-12/h10,12,29H,1-7,9H2,(H2,24,25,26,28)/t12?,17-/m0/s1. The SMILES string of the molecule is N#CC1=NCC(N2CCC(c3[nH]nc4c3[C@](O)(C(F)(F)F)CC(=O)N4)CC2)CC1. The quantitative estimate of drug-likeness (QED) is 0.687. The molecule has 0 aliphatic carbocycles. The van der Waals surface area contributed by atoms with E-state index in [0.717, 1.165) is 6.42 Å². The number of hydrogen-bond acceptors (Lipinski definition) is 6. The zero-order valence-corrected chi connectivity index (χ0v) is 15.6. The molecule has 1 aromatic rings. The number of rotatable bonds is 2. The van der Waals surface area contributed by atoms with Crippen LogP contribution >= 0.6 is 0 Å². The second-order valence-corrected chi connectivity index (χ2v) is 7.85. The number of anilines is 1. The maximum Gasteiger partial charge on any atom is 0.422 e. The van der Waals surface area contributed by atoms with Crippen LogP contribution < -0.4 is 5.32 Å². The van der Waals surface area contributed by atoms with Gasteiger partial charge in [-0.05, 0) is 32.4 Å². The van der Waals surface area contributed by atoms with Gasteiger partial charge in [0.25, 0.3) is 0 Å². The molecular formula is C18H21F3N6O2. The number of aromatic amines is 1. The Morgan fingerprint density at radius 2 is 2.00 bits per heavy atom. The number of alkyl halides is 3. The highest BCUT2D eigenvalue weighted by atomic mass is 19.4. The number of likely N-dealkylation sites (tertiary alicyclic amines) is 1. The van der Waals surface area contributed by atoms with Crippen LogP contribution in [0.25, 0.3) is 0 Å². The van der Waals surface area contributed by atoms with E-state index in [-0.39, 0.29) is 29.0 Å². The van der Waals surface area contributed by atoms with Gasteiger partial charge in [-0.25, -0.2) is 0 Å². The van der Waals surface area contributed by atoms with Crippen molar-refractivity contribution in [1.29, 1.82) is 5.26 Å². The Bertz CT molecular complexity index is 881. The summed E-state index contributed by atoms with van der Waals surface area (Å²) in [7, 11) is 0. The third-order valence-electron chi connectivity index (χ3n) is 6.14. The Hall–Kier alpha value is -2.45. The molecule has 4 heterocycles. The van der Waals surface area contributed by atoms with E-state index in [2.05, 4.69) is 31.5 Å². The number of aliphatic imine (C=N–C) groups is 1. The highest BCUT2D eigenvalue weighted by Gasteiger charge is 2.61. The number of fused-ring (bicyclic) bond motifs is 1. The number of aliphatic hydroxyl groups is 1. The van der Waals surface area contributed by atoms with E-state index in [9.17, 15) is 23.1 Å². The molecule has 0 spiro atoms. The molecule has 1 aromatic heterocycles. The van der Waals surface area contributed by atoms with Crippen molar-refractivity contribution in [2.24, 2.45) is 4.99 Å². The number of nitrogens with zero attached hydrogens (tertiary/aromatic N) is 4. The van der Waals surface area contributed by atoms with Crippen LogP contribution in [0.4, 0.5) is 19.0 Å². The van der Waals surface area contributed by atoms with Crippen LogP contribution in [-0.2, 0) is 10.4 Å². The lowest BCUT2D eigenvalue weighted by atomic mass is 9.81. The number of hydrogen-bond donors (Lipinski definition) is 3. The van der Waals surface area contributed by atoms with Gasteiger partial charge in [-0.1, -0.05) is 0 Å². The van der Waals surface area contributed by atoms with E-state index >= 15 is 0 Å². The van der Waals surface area contributed by atoms with Gasteiger partial charge in [0.05, 0.1) is 18.5 Å². The molecule has 3 N–H and O–H groups in total. The summed E-state index contributed by atoms with van der Waals surface area (Å²) in [6.07, 6.45) is -3.37. The molecule has 0 bridgehead atoms. The maximum atomic E-state index is 13.7. The van der Waals surface area contributed by atoms with Crippen molar-refractivity contribution < 1.29 is 23.1 Å². The molecule has 2 atom stereocenters. The van der Waals surface area contributed by atoms with Crippen molar-refractivity contribution in [3.05, 3.63) is 11.3 Å². The van der Waals surface area contributed by atoms with E-state index in [1.165, 1.54) is 0 Å². The topological polar surface area (TPSA) is 117 Å².